The van der Waals surface area contributed by atoms with Crippen LogP contribution >= 0.6 is 0 Å². The molecule has 3 heterocycles. The number of ether oxygens (including phenoxy) is 1. The Morgan fingerprint density at radius 3 is 2.90 bits per heavy atom. The fourth-order valence-electron chi connectivity index (χ4n) is 4.28. The highest BCUT2D eigenvalue weighted by molar-refractivity contribution is 5.91. The van der Waals surface area contributed by atoms with E-state index in [1.165, 1.54) is 18.9 Å². The molecule has 7 heteroatoms. The van der Waals surface area contributed by atoms with Crippen LogP contribution in [-0.2, 0) is 4.79 Å². The first-order chi connectivity index (χ1) is 13.9. The van der Waals surface area contributed by atoms with Crippen LogP contribution in [-0.4, -0.2) is 45.9 Å². The number of carbonyl (C=O) groups is 1. The zero-order chi connectivity index (χ0) is 20.4. The Kier molecular flexibility index (Phi) is 5.24. The van der Waals surface area contributed by atoms with Crippen LogP contribution < -0.4 is 15.4 Å². The van der Waals surface area contributed by atoms with E-state index in [0.717, 1.165) is 18.4 Å². The molecule has 1 aromatic carbocycles. The highest BCUT2D eigenvalue weighted by Crippen LogP contribution is 2.37. The average Bonchev–Trinajstić information content (AvgIpc) is 2.99. The minimum absolute atomic E-state index is 0.0786. The van der Waals surface area contributed by atoms with E-state index in [-0.39, 0.29) is 23.3 Å². The van der Waals surface area contributed by atoms with Gasteiger partial charge in [-0.1, -0.05) is 6.07 Å². The molecule has 0 radical (unpaired) electrons. The molecule has 0 spiro atoms. The van der Waals surface area contributed by atoms with Crippen molar-refractivity contribution in [2.45, 2.75) is 50.3 Å². The van der Waals surface area contributed by atoms with Gasteiger partial charge in [0, 0.05) is 42.8 Å². The van der Waals surface area contributed by atoms with Gasteiger partial charge in [-0.15, -0.1) is 10.2 Å². The van der Waals surface area contributed by atoms with Gasteiger partial charge in [0.25, 0.3) is 0 Å². The molecule has 2 bridgehead atoms. The molecule has 2 fully saturated rings. The summed E-state index contributed by atoms with van der Waals surface area (Å²) in [5.74, 6) is 0.383. The van der Waals surface area contributed by atoms with Crippen LogP contribution in [0.5, 0.6) is 11.6 Å². The zero-order valence-electron chi connectivity index (χ0n) is 16.7. The number of nitrogens with one attached hydrogen (secondary N) is 2. The number of fused-ring (bicyclic) bond motifs is 2. The van der Waals surface area contributed by atoms with Gasteiger partial charge in [0.2, 0.25) is 11.8 Å². The number of hydrogen-bond donors (Lipinski definition) is 3. The Balaban J connectivity index is 1.44. The number of aromatic hydroxyl groups is 1. The quantitative estimate of drug-likeness (QED) is 0.675. The van der Waals surface area contributed by atoms with Gasteiger partial charge in [-0.2, -0.15) is 0 Å². The molecule has 3 atom stereocenters. The molecule has 7 nitrogen and oxygen atoms in total. The lowest BCUT2D eigenvalue weighted by atomic mass is 9.91. The number of carbonyl (C=O) groups excluding carboxylic acids is 1. The molecule has 0 aliphatic carbocycles. The maximum Gasteiger partial charge on any atom is 0.243 e. The average molecular weight is 394 g/mol. The summed E-state index contributed by atoms with van der Waals surface area (Å²) in [6.07, 6.45) is 7.55. The highest BCUT2D eigenvalue weighted by Gasteiger charge is 2.42. The van der Waals surface area contributed by atoms with Gasteiger partial charge >= 0.3 is 0 Å². The maximum atomic E-state index is 11.3. The van der Waals surface area contributed by atoms with Crippen molar-refractivity contribution < 1.29 is 14.6 Å². The van der Waals surface area contributed by atoms with Gasteiger partial charge in [0.1, 0.15) is 11.9 Å². The lowest BCUT2D eigenvalue weighted by Gasteiger charge is -2.36. The van der Waals surface area contributed by atoms with Gasteiger partial charge in [-0.3, -0.25) is 4.79 Å². The number of phenolic OH excluding ortho intramolecular Hbond substituents is 1. The SMILES string of the molecule is CNC(=O)/C=C/c1ccc(-c2ccc(O[C@H]3CC4CC[C@](C)(C3)N4)nn2)c(O)c1. The smallest absolute Gasteiger partial charge is 0.243 e. The normalized spacial score (nSPS) is 25.9. The Morgan fingerprint density at radius 2 is 2.21 bits per heavy atom. The molecule has 152 valence electrons. The van der Waals surface area contributed by atoms with Crippen LogP contribution in [0.25, 0.3) is 17.3 Å². The largest absolute Gasteiger partial charge is 0.507 e. The lowest BCUT2D eigenvalue weighted by Crippen LogP contribution is -2.50. The summed E-state index contributed by atoms with van der Waals surface area (Å²) < 4.78 is 6.08. The molecule has 2 aliphatic heterocycles. The van der Waals surface area contributed by atoms with Crippen LogP contribution in [0.15, 0.2) is 36.4 Å². The first-order valence-corrected chi connectivity index (χ1v) is 9.95. The minimum atomic E-state index is -0.203. The molecule has 0 saturated carbocycles. The summed E-state index contributed by atoms with van der Waals surface area (Å²) >= 11 is 0. The maximum absolute atomic E-state index is 11.3. The summed E-state index contributed by atoms with van der Waals surface area (Å²) in [6, 6.07) is 9.29. The second kappa shape index (κ2) is 7.83. The summed E-state index contributed by atoms with van der Waals surface area (Å²) in [7, 11) is 1.56. The van der Waals surface area contributed by atoms with Crippen molar-refractivity contribution in [2.24, 2.45) is 0 Å². The van der Waals surface area contributed by atoms with Crippen molar-refractivity contribution in [1.29, 1.82) is 0 Å². The van der Waals surface area contributed by atoms with Gasteiger partial charge in [-0.25, -0.2) is 0 Å². The van der Waals surface area contributed by atoms with E-state index in [0.29, 0.717) is 23.2 Å². The van der Waals surface area contributed by atoms with Crippen LogP contribution in [0.3, 0.4) is 0 Å². The fraction of sp³-hybridized carbons (Fsp3) is 0.409. The summed E-state index contributed by atoms with van der Waals surface area (Å²) in [4.78, 5) is 11.3. The van der Waals surface area contributed by atoms with E-state index in [2.05, 4.69) is 27.8 Å². The number of amides is 1. The van der Waals surface area contributed by atoms with E-state index < -0.39 is 0 Å². The summed E-state index contributed by atoms with van der Waals surface area (Å²) in [6.45, 7) is 2.26. The molecule has 2 aromatic rings. The lowest BCUT2D eigenvalue weighted by molar-refractivity contribution is -0.115. The van der Waals surface area contributed by atoms with Crippen LogP contribution in [0, 0.1) is 0 Å². The molecule has 2 saturated heterocycles. The fourth-order valence-corrected chi connectivity index (χ4v) is 4.28. The molecular weight excluding hydrogens is 368 g/mol. The van der Waals surface area contributed by atoms with Crippen LogP contribution in [0.4, 0.5) is 0 Å². The summed E-state index contributed by atoms with van der Waals surface area (Å²) in [5, 5.41) is 25.0. The van der Waals surface area contributed by atoms with Gasteiger partial charge in [-0.05, 0) is 56.0 Å². The molecular formula is C22H26N4O3. The third kappa shape index (κ3) is 4.40. The number of hydrogen-bond acceptors (Lipinski definition) is 6. The number of phenols is 1. The van der Waals surface area contributed by atoms with Crippen molar-refractivity contribution >= 4 is 12.0 Å². The molecule has 3 N–H and O–H groups in total. The van der Waals surface area contributed by atoms with Crippen molar-refractivity contribution in [2.75, 3.05) is 7.05 Å². The second-order valence-corrected chi connectivity index (χ2v) is 8.10. The molecule has 1 unspecified atom stereocenters. The third-order valence-electron chi connectivity index (χ3n) is 5.72. The summed E-state index contributed by atoms with van der Waals surface area (Å²) in [5.41, 5.74) is 2.03. The van der Waals surface area contributed by atoms with Crippen LogP contribution in [0.2, 0.25) is 0 Å². The predicted octanol–water partition coefficient (Wildman–Crippen LogP) is 2.66. The molecule has 1 amide bonds. The number of aromatic nitrogens is 2. The van der Waals surface area contributed by atoms with Gasteiger partial charge in [0.05, 0.1) is 5.69 Å². The zero-order valence-corrected chi connectivity index (χ0v) is 16.7. The minimum Gasteiger partial charge on any atom is -0.507 e. The van der Waals surface area contributed by atoms with E-state index >= 15 is 0 Å². The van der Waals surface area contributed by atoms with Crippen molar-refractivity contribution in [3.05, 3.63) is 42.0 Å². The molecule has 2 aliphatic rings. The first-order valence-electron chi connectivity index (χ1n) is 9.95. The Bertz CT molecular complexity index is 928. The Morgan fingerprint density at radius 1 is 1.34 bits per heavy atom. The topological polar surface area (TPSA) is 96.4 Å². The van der Waals surface area contributed by atoms with E-state index in [4.69, 9.17) is 4.74 Å². The number of rotatable bonds is 5. The van der Waals surface area contributed by atoms with Crippen molar-refractivity contribution in [3.63, 3.8) is 0 Å². The van der Waals surface area contributed by atoms with E-state index in [1.807, 2.05) is 6.07 Å². The number of nitrogens with zero attached hydrogens (tertiary/aromatic N) is 2. The molecule has 1 aromatic heterocycles. The number of likely N-dealkylation sites (N-methyl/N-ethyl adjacent to an activating group) is 1. The molecule has 29 heavy (non-hydrogen) atoms. The number of piperidine rings is 1. The molecule has 4 rings (SSSR count). The van der Waals surface area contributed by atoms with Crippen molar-refractivity contribution in [3.8, 4) is 22.9 Å². The predicted molar refractivity (Wildman–Crippen MR) is 110 cm³/mol. The van der Waals surface area contributed by atoms with Gasteiger partial charge < -0.3 is 20.5 Å². The Labute approximate surface area is 170 Å². The van der Waals surface area contributed by atoms with Crippen molar-refractivity contribution in [1.82, 2.24) is 20.8 Å². The standard InChI is InChI=1S/C22H26N4O3/c1-22-10-9-15(24-22)12-16(13-22)29-21-8-6-18(25-26-21)17-5-3-14(11-19(17)27)4-7-20(28)23-2/h3-8,11,15-16,24,27H,9-10,12-13H2,1-2H3,(H,23,28)/b7-4+/t15?,16-,22+/m0/s1. The van der Waals surface area contributed by atoms with E-state index in [9.17, 15) is 9.90 Å². The first kappa shape index (κ1) is 19.4. The second-order valence-electron chi connectivity index (χ2n) is 8.10. The third-order valence-corrected chi connectivity index (χ3v) is 5.72. The Hall–Kier alpha value is -2.93. The van der Waals surface area contributed by atoms with E-state index in [1.54, 1.807) is 37.4 Å². The van der Waals surface area contributed by atoms with Gasteiger partial charge in [0.15, 0.2) is 0 Å². The monoisotopic (exact) mass is 394 g/mol. The highest BCUT2D eigenvalue weighted by atomic mass is 16.5. The number of benzene rings is 1. The van der Waals surface area contributed by atoms with Crippen LogP contribution in [0.1, 0.15) is 38.2 Å².